The molecule has 10 rings (SSSR count). The Hall–Kier alpha value is -5.20. The van der Waals surface area contributed by atoms with E-state index in [4.69, 9.17) is 0 Å². The topological polar surface area (TPSA) is 0 Å². The van der Waals surface area contributed by atoms with Gasteiger partial charge >= 0.3 is 0 Å². The van der Waals surface area contributed by atoms with Crippen LogP contribution in [0.15, 0.2) is 133 Å². The van der Waals surface area contributed by atoms with Crippen molar-refractivity contribution < 1.29 is 0 Å². The van der Waals surface area contributed by atoms with Gasteiger partial charge in [-0.3, -0.25) is 0 Å². The highest BCUT2D eigenvalue weighted by molar-refractivity contribution is 6.57. The molecule has 0 saturated carbocycles. The number of benzene rings is 2. The van der Waals surface area contributed by atoms with Gasteiger partial charge in [0.05, 0.1) is 0 Å². The van der Waals surface area contributed by atoms with Gasteiger partial charge in [0.15, 0.2) is 0 Å². The molecule has 0 aliphatic carbocycles. The minimum atomic E-state index is 1.30. The normalized spacial score (nSPS) is 12.5. The Balaban J connectivity index is 1.73. The minimum Gasteiger partial charge on any atom is -0.0622 e. The molecule has 0 N–H and O–H groups in total. The van der Waals surface area contributed by atoms with Crippen LogP contribution in [0.1, 0.15) is 0 Å². The first-order chi connectivity index (χ1) is 19.9. The summed E-state index contributed by atoms with van der Waals surface area (Å²) in [6.45, 7) is 0. The van der Waals surface area contributed by atoms with Gasteiger partial charge in [0.2, 0.25) is 0 Å². The van der Waals surface area contributed by atoms with Crippen LogP contribution in [0.3, 0.4) is 0 Å². The molecule has 0 atom stereocenters. The van der Waals surface area contributed by atoms with Crippen LogP contribution in [0.5, 0.6) is 0 Å². The lowest BCUT2D eigenvalue weighted by molar-refractivity contribution is 1.88. The van der Waals surface area contributed by atoms with Crippen LogP contribution in [0.4, 0.5) is 0 Å². The van der Waals surface area contributed by atoms with E-state index in [0.29, 0.717) is 0 Å². The Kier molecular flexibility index (Phi) is 3.76. The maximum Gasteiger partial charge on any atom is -0.0000491 e. The summed E-state index contributed by atoms with van der Waals surface area (Å²) in [7, 11) is 0. The number of fused-ring (bicyclic) bond motifs is 16. The second-order valence-electron chi connectivity index (χ2n) is 11.2. The first-order valence-electron chi connectivity index (χ1n) is 14.0. The monoisotopic (exact) mass is 502 g/mol. The fraction of sp³-hybridized carbons (Fsp3) is 0. The van der Waals surface area contributed by atoms with Crippen LogP contribution in [-0.4, -0.2) is 0 Å². The summed E-state index contributed by atoms with van der Waals surface area (Å²) >= 11 is 0. The van der Waals surface area contributed by atoms with Gasteiger partial charge in [0, 0.05) is 0 Å². The first-order valence-corrected chi connectivity index (χ1v) is 14.0. The van der Waals surface area contributed by atoms with E-state index in [-0.39, 0.29) is 0 Å². The molecule has 10 aromatic rings. The van der Waals surface area contributed by atoms with Crippen molar-refractivity contribution in [1.82, 2.24) is 0 Å². The predicted molar refractivity (Wildman–Crippen MR) is 175 cm³/mol. The fourth-order valence-corrected chi connectivity index (χ4v) is 7.84. The van der Waals surface area contributed by atoms with Gasteiger partial charge < -0.3 is 0 Å². The summed E-state index contributed by atoms with van der Waals surface area (Å²) in [5.74, 6) is 0. The van der Waals surface area contributed by atoms with Crippen molar-refractivity contribution in [3.05, 3.63) is 133 Å². The van der Waals surface area contributed by atoms with Crippen LogP contribution in [0.2, 0.25) is 0 Å². The largest absolute Gasteiger partial charge is 0.0622 e. The summed E-state index contributed by atoms with van der Waals surface area (Å²) in [6, 6.07) is 49.5. The SMILES string of the molecule is c1ccc2cc3c(c2cc1)c1c2cccccc2c2c4c5cccccc5cc4c4c5cccccc5c3c4c12. The summed E-state index contributed by atoms with van der Waals surface area (Å²) in [5.41, 5.74) is 0. The molecular formula is C40H22. The maximum atomic E-state index is 2.44. The lowest BCUT2D eigenvalue weighted by atomic mass is 9.94. The molecule has 40 heavy (non-hydrogen) atoms. The Morgan fingerprint density at radius 3 is 0.925 bits per heavy atom. The maximum absolute atomic E-state index is 2.44. The van der Waals surface area contributed by atoms with Crippen LogP contribution >= 0.6 is 0 Å². The number of rotatable bonds is 0. The highest BCUT2D eigenvalue weighted by Crippen LogP contribution is 2.56. The Bertz CT molecular complexity index is 2510. The van der Waals surface area contributed by atoms with Crippen molar-refractivity contribution >= 4 is 97.0 Å². The van der Waals surface area contributed by atoms with Crippen molar-refractivity contribution in [2.75, 3.05) is 0 Å². The molecule has 0 heteroatoms. The van der Waals surface area contributed by atoms with Crippen LogP contribution in [0, 0.1) is 0 Å². The van der Waals surface area contributed by atoms with Crippen LogP contribution in [0.25, 0.3) is 97.0 Å². The second-order valence-corrected chi connectivity index (χ2v) is 11.2. The van der Waals surface area contributed by atoms with E-state index in [1.807, 2.05) is 0 Å². The first kappa shape index (κ1) is 20.7. The quantitative estimate of drug-likeness (QED) is 0.193. The van der Waals surface area contributed by atoms with Crippen molar-refractivity contribution in [2.24, 2.45) is 0 Å². The Labute approximate surface area is 230 Å². The molecule has 0 aromatic heterocycles. The molecule has 0 bridgehead atoms. The zero-order valence-corrected chi connectivity index (χ0v) is 21.7. The second kappa shape index (κ2) is 7.25. The smallest absolute Gasteiger partial charge is 0.0000491 e. The molecule has 0 saturated heterocycles. The van der Waals surface area contributed by atoms with E-state index >= 15 is 0 Å². The summed E-state index contributed by atoms with van der Waals surface area (Å²) in [5, 5.41) is 24.5. The molecule has 0 aliphatic rings. The Morgan fingerprint density at radius 2 is 0.500 bits per heavy atom. The van der Waals surface area contributed by atoms with E-state index in [9.17, 15) is 0 Å². The lowest BCUT2D eigenvalue weighted by Crippen LogP contribution is -1.78. The van der Waals surface area contributed by atoms with Crippen molar-refractivity contribution in [2.45, 2.75) is 0 Å². The van der Waals surface area contributed by atoms with Gasteiger partial charge in [0.25, 0.3) is 0 Å². The van der Waals surface area contributed by atoms with Gasteiger partial charge in [-0.1, -0.05) is 121 Å². The predicted octanol–water partition coefficient (Wildman–Crippen LogP) is 11.5. The van der Waals surface area contributed by atoms with Gasteiger partial charge in [0.1, 0.15) is 0 Å². The average molecular weight is 503 g/mol. The van der Waals surface area contributed by atoms with E-state index in [2.05, 4.69) is 133 Å². The van der Waals surface area contributed by atoms with E-state index in [1.54, 1.807) is 0 Å². The molecule has 0 spiro atoms. The van der Waals surface area contributed by atoms with Gasteiger partial charge in [-0.25, -0.2) is 0 Å². The van der Waals surface area contributed by atoms with Gasteiger partial charge in [-0.15, -0.1) is 0 Å². The van der Waals surface area contributed by atoms with Crippen LogP contribution < -0.4 is 0 Å². The molecule has 0 fully saturated rings. The van der Waals surface area contributed by atoms with Gasteiger partial charge in [-0.05, 0) is 109 Å². The number of hydrogen-bond acceptors (Lipinski definition) is 0. The molecule has 182 valence electrons. The highest BCUT2D eigenvalue weighted by atomic mass is 14.3. The molecule has 0 unspecified atom stereocenters. The van der Waals surface area contributed by atoms with Crippen molar-refractivity contribution in [3.63, 3.8) is 0 Å². The van der Waals surface area contributed by atoms with E-state index in [1.165, 1.54) is 97.0 Å². The van der Waals surface area contributed by atoms with Gasteiger partial charge in [-0.2, -0.15) is 0 Å². The zero-order valence-electron chi connectivity index (χ0n) is 21.7. The average Bonchev–Trinajstić information content (AvgIpc) is 3.37. The van der Waals surface area contributed by atoms with E-state index in [0.717, 1.165) is 0 Å². The summed E-state index contributed by atoms with van der Waals surface area (Å²) < 4.78 is 0. The Morgan fingerprint density at radius 1 is 0.200 bits per heavy atom. The van der Waals surface area contributed by atoms with Crippen molar-refractivity contribution in [1.29, 1.82) is 0 Å². The third-order valence-corrected chi connectivity index (χ3v) is 9.26. The summed E-state index contributed by atoms with van der Waals surface area (Å²) in [6.07, 6.45) is 0. The van der Waals surface area contributed by atoms with Crippen molar-refractivity contribution in [3.8, 4) is 0 Å². The standard InChI is InChI=1S/C40H22/c1-5-13-23-21-31-33(25(23)15-7-1)37-29-19-11-4-12-20-30(29)38-34-26-16-8-2-6-14-24(26)22-32(34)36-28-18-10-3-9-17-27(28)35(31)39(36)40(37)38/h1-22H. The van der Waals surface area contributed by atoms with E-state index < -0.39 is 0 Å². The molecule has 0 heterocycles. The third-order valence-electron chi connectivity index (χ3n) is 9.26. The third kappa shape index (κ3) is 2.35. The number of hydrogen-bond donors (Lipinski definition) is 0. The molecule has 0 radical (unpaired) electrons. The molecular weight excluding hydrogens is 480 g/mol. The molecule has 0 nitrogen and oxygen atoms in total. The molecule has 10 aromatic carbocycles. The summed E-state index contributed by atoms with van der Waals surface area (Å²) in [4.78, 5) is 0. The lowest BCUT2D eigenvalue weighted by Gasteiger charge is -2.08. The highest BCUT2D eigenvalue weighted by Gasteiger charge is 2.27. The van der Waals surface area contributed by atoms with Crippen LogP contribution in [-0.2, 0) is 0 Å². The zero-order chi connectivity index (χ0) is 25.9. The molecule has 0 amide bonds. The minimum absolute atomic E-state index is 1.30. The molecule has 0 aliphatic heterocycles. The fourth-order valence-electron chi connectivity index (χ4n) is 7.84.